The van der Waals surface area contributed by atoms with E-state index >= 15 is 0 Å². The lowest BCUT2D eigenvalue weighted by molar-refractivity contribution is 0.0787. The molecule has 1 aliphatic rings. The van der Waals surface area contributed by atoms with E-state index in [9.17, 15) is 4.79 Å². The van der Waals surface area contributed by atoms with Gasteiger partial charge in [0.25, 0.3) is 5.91 Å². The van der Waals surface area contributed by atoms with Crippen LogP contribution in [0.15, 0.2) is 42.7 Å². The zero-order valence-electron chi connectivity index (χ0n) is 13.9. The number of para-hydroxylation sites is 1. The number of benzene rings is 1. The molecule has 0 radical (unpaired) electrons. The number of ether oxygens (including phenoxy) is 2. The first-order valence-electron chi connectivity index (χ1n) is 7.89. The number of hydrogen-bond acceptors (Lipinski definition) is 5. The van der Waals surface area contributed by atoms with Crippen LogP contribution in [0.1, 0.15) is 16.8 Å². The van der Waals surface area contributed by atoms with Crippen LogP contribution in [0, 0.1) is 0 Å². The number of aromatic nitrogens is 1. The van der Waals surface area contributed by atoms with Crippen molar-refractivity contribution in [3.05, 3.63) is 48.3 Å². The van der Waals surface area contributed by atoms with Crippen molar-refractivity contribution in [2.24, 2.45) is 0 Å². The SMILES string of the molecule is COc1cccc(C(=O)N2CC[C@@H](Nc3cccnc3)C2)c1OC. The zero-order chi connectivity index (χ0) is 16.9. The molecular weight excluding hydrogens is 306 g/mol. The molecule has 2 aromatic rings. The van der Waals surface area contributed by atoms with Crippen molar-refractivity contribution in [3.8, 4) is 11.5 Å². The molecule has 1 atom stereocenters. The molecule has 1 aromatic heterocycles. The summed E-state index contributed by atoms with van der Waals surface area (Å²) in [5, 5.41) is 3.42. The summed E-state index contributed by atoms with van der Waals surface area (Å²) in [6.45, 7) is 1.35. The van der Waals surface area contributed by atoms with Crippen LogP contribution in [0.5, 0.6) is 11.5 Å². The van der Waals surface area contributed by atoms with E-state index in [0.717, 1.165) is 12.1 Å². The Morgan fingerprint density at radius 2 is 2.12 bits per heavy atom. The molecule has 1 aliphatic heterocycles. The number of pyridine rings is 1. The van der Waals surface area contributed by atoms with Gasteiger partial charge in [0.1, 0.15) is 0 Å². The maximum atomic E-state index is 12.8. The zero-order valence-corrected chi connectivity index (χ0v) is 13.9. The minimum atomic E-state index is -0.0405. The van der Waals surface area contributed by atoms with Crippen molar-refractivity contribution in [1.82, 2.24) is 9.88 Å². The van der Waals surface area contributed by atoms with Gasteiger partial charge in [-0.25, -0.2) is 0 Å². The van der Waals surface area contributed by atoms with E-state index in [1.54, 1.807) is 44.8 Å². The number of likely N-dealkylation sites (tertiary alicyclic amines) is 1. The summed E-state index contributed by atoms with van der Waals surface area (Å²) in [6.07, 6.45) is 4.42. The number of hydrogen-bond donors (Lipinski definition) is 1. The van der Waals surface area contributed by atoms with E-state index in [4.69, 9.17) is 9.47 Å². The van der Waals surface area contributed by atoms with Gasteiger partial charge in [-0.15, -0.1) is 0 Å². The van der Waals surface area contributed by atoms with E-state index in [1.165, 1.54) is 0 Å². The third kappa shape index (κ3) is 3.27. The van der Waals surface area contributed by atoms with Gasteiger partial charge in [0.15, 0.2) is 11.5 Å². The van der Waals surface area contributed by atoms with Gasteiger partial charge in [-0.3, -0.25) is 9.78 Å². The molecule has 1 N–H and O–H groups in total. The van der Waals surface area contributed by atoms with Crippen LogP contribution >= 0.6 is 0 Å². The molecule has 24 heavy (non-hydrogen) atoms. The highest BCUT2D eigenvalue weighted by atomic mass is 16.5. The second-order valence-electron chi connectivity index (χ2n) is 5.66. The number of carbonyl (C=O) groups is 1. The Kier molecular flexibility index (Phi) is 4.84. The van der Waals surface area contributed by atoms with Crippen LogP contribution in [0.4, 0.5) is 5.69 Å². The summed E-state index contributed by atoms with van der Waals surface area (Å²) in [5.74, 6) is 1.00. The predicted molar refractivity (Wildman–Crippen MR) is 91.7 cm³/mol. The normalized spacial score (nSPS) is 16.8. The Labute approximate surface area is 141 Å². The molecular formula is C18H21N3O3. The number of methoxy groups -OCH3 is 2. The van der Waals surface area contributed by atoms with Gasteiger partial charge in [0.2, 0.25) is 0 Å². The highest BCUT2D eigenvalue weighted by molar-refractivity contribution is 5.98. The summed E-state index contributed by atoms with van der Waals surface area (Å²) in [6, 6.07) is 9.44. The van der Waals surface area contributed by atoms with Crippen molar-refractivity contribution in [2.45, 2.75) is 12.5 Å². The first kappa shape index (κ1) is 16.1. The Morgan fingerprint density at radius 1 is 1.25 bits per heavy atom. The second-order valence-corrected chi connectivity index (χ2v) is 5.66. The monoisotopic (exact) mass is 327 g/mol. The van der Waals surface area contributed by atoms with Crippen molar-refractivity contribution < 1.29 is 14.3 Å². The first-order valence-corrected chi connectivity index (χ1v) is 7.89. The molecule has 1 saturated heterocycles. The van der Waals surface area contributed by atoms with Crippen LogP contribution in [0.25, 0.3) is 0 Å². The first-order chi connectivity index (χ1) is 11.7. The molecule has 1 fully saturated rings. The number of carbonyl (C=O) groups excluding carboxylic acids is 1. The third-order valence-corrected chi connectivity index (χ3v) is 4.14. The molecule has 1 amide bonds. The standard InChI is InChI=1S/C18H21N3O3/c1-23-16-7-3-6-15(17(16)24-2)18(22)21-10-8-14(12-21)20-13-5-4-9-19-11-13/h3-7,9,11,14,20H,8,10,12H2,1-2H3/t14-/m1/s1. The van der Waals surface area contributed by atoms with Gasteiger partial charge >= 0.3 is 0 Å². The van der Waals surface area contributed by atoms with Crippen molar-refractivity contribution in [2.75, 3.05) is 32.6 Å². The van der Waals surface area contributed by atoms with Gasteiger partial charge in [0, 0.05) is 31.5 Å². The van der Waals surface area contributed by atoms with Crippen LogP contribution in [0.3, 0.4) is 0 Å². The van der Waals surface area contributed by atoms with E-state index < -0.39 is 0 Å². The van der Waals surface area contributed by atoms with Gasteiger partial charge < -0.3 is 19.7 Å². The summed E-state index contributed by atoms with van der Waals surface area (Å²) >= 11 is 0. The summed E-state index contributed by atoms with van der Waals surface area (Å²) < 4.78 is 10.6. The lowest BCUT2D eigenvalue weighted by atomic mass is 10.1. The maximum absolute atomic E-state index is 12.8. The largest absolute Gasteiger partial charge is 0.493 e. The van der Waals surface area contributed by atoms with Crippen molar-refractivity contribution in [3.63, 3.8) is 0 Å². The molecule has 6 nitrogen and oxygen atoms in total. The fraction of sp³-hybridized carbons (Fsp3) is 0.333. The lowest BCUT2D eigenvalue weighted by Crippen LogP contribution is -2.31. The maximum Gasteiger partial charge on any atom is 0.257 e. The Hall–Kier alpha value is -2.76. The highest BCUT2D eigenvalue weighted by Gasteiger charge is 2.29. The predicted octanol–water partition coefficient (Wildman–Crippen LogP) is 2.43. The van der Waals surface area contributed by atoms with Crippen LogP contribution < -0.4 is 14.8 Å². The third-order valence-electron chi connectivity index (χ3n) is 4.14. The van der Waals surface area contributed by atoms with E-state index in [0.29, 0.717) is 30.2 Å². The average Bonchev–Trinajstić information content (AvgIpc) is 3.09. The fourth-order valence-electron chi connectivity index (χ4n) is 2.97. The number of rotatable bonds is 5. The van der Waals surface area contributed by atoms with Crippen LogP contribution in [0.2, 0.25) is 0 Å². The molecule has 1 aromatic carbocycles. The lowest BCUT2D eigenvalue weighted by Gasteiger charge is -2.19. The molecule has 0 unspecified atom stereocenters. The molecule has 0 aliphatic carbocycles. The van der Waals surface area contributed by atoms with Crippen molar-refractivity contribution >= 4 is 11.6 Å². The van der Waals surface area contributed by atoms with Gasteiger partial charge in [0.05, 0.1) is 25.5 Å². The van der Waals surface area contributed by atoms with E-state index in [-0.39, 0.29) is 11.9 Å². The molecule has 126 valence electrons. The van der Waals surface area contributed by atoms with E-state index in [1.807, 2.05) is 17.0 Å². The highest BCUT2D eigenvalue weighted by Crippen LogP contribution is 2.32. The summed E-state index contributed by atoms with van der Waals surface area (Å²) in [7, 11) is 3.11. The quantitative estimate of drug-likeness (QED) is 0.914. The number of amides is 1. The van der Waals surface area contributed by atoms with Crippen molar-refractivity contribution in [1.29, 1.82) is 0 Å². The number of nitrogens with zero attached hydrogens (tertiary/aromatic N) is 2. The molecule has 2 heterocycles. The summed E-state index contributed by atoms with van der Waals surface area (Å²) in [5.41, 5.74) is 1.50. The van der Waals surface area contributed by atoms with Crippen LogP contribution in [-0.2, 0) is 0 Å². The number of anilines is 1. The second kappa shape index (κ2) is 7.21. The molecule has 6 heteroatoms. The topological polar surface area (TPSA) is 63.7 Å². The molecule has 0 spiro atoms. The van der Waals surface area contributed by atoms with Gasteiger partial charge in [-0.1, -0.05) is 6.07 Å². The Balaban J connectivity index is 1.71. The van der Waals surface area contributed by atoms with Gasteiger partial charge in [-0.2, -0.15) is 0 Å². The Morgan fingerprint density at radius 3 is 2.83 bits per heavy atom. The van der Waals surface area contributed by atoms with Gasteiger partial charge in [-0.05, 0) is 30.7 Å². The minimum Gasteiger partial charge on any atom is -0.493 e. The Bertz CT molecular complexity index is 706. The number of nitrogens with one attached hydrogen (secondary N) is 1. The fourth-order valence-corrected chi connectivity index (χ4v) is 2.97. The molecule has 0 bridgehead atoms. The van der Waals surface area contributed by atoms with E-state index in [2.05, 4.69) is 10.3 Å². The van der Waals surface area contributed by atoms with Crippen LogP contribution in [-0.4, -0.2) is 49.1 Å². The minimum absolute atomic E-state index is 0.0405. The molecule has 3 rings (SSSR count). The smallest absolute Gasteiger partial charge is 0.257 e. The summed E-state index contributed by atoms with van der Waals surface area (Å²) in [4.78, 5) is 18.8. The average molecular weight is 327 g/mol. The molecule has 0 saturated carbocycles.